The molecule has 3 nitrogen and oxygen atoms in total. The van der Waals surface area contributed by atoms with E-state index < -0.39 is 6.04 Å². The zero-order valence-electron chi connectivity index (χ0n) is 12.4. The van der Waals surface area contributed by atoms with E-state index in [1.165, 1.54) is 5.56 Å². The second-order valence-electron chi connectivity index (χ2n) is 5.29. The molecule has 3 heteroatoms. The molecule has 0 heterocycles. The fraction of sp³-hybridized carbons (Fsp3) is 0.562. The van der Waals surface area contributed by atoms with Crippen LogP contribution in [0, 0.1) is 12.8 Å². The standard InChI is InChI=1S/C16H26N2O/c1-5-12(4)15(17)16(19)18-14(6-2)13-9-7-11(3)8-10-13/h7-10,12,14-15H,5-6,17H2,1-4H3,(H,18,19)/t12?,14?,15-/m0/s1. The average Bonchev–Trinajstić information content (AvgIpc) is 2.43. The van der Waals surface area contributed by atoms with Gasteiger partial charge < -0.3 is 11.1 Å². The van der Waals surface area contributed by atoms with Gasteiger partial charge in [0, 0.05) is 0 Å². The summed E-state index contributed by atoms with van der Waals surface area (Å²) in [6, 6.07) is 7.89. The number of hydrogen-bond acceptors (Lipinski definition) is 2. The minimum Gasteiger partial charge on any atom is -0.348 e. The van der Waals surface area contributed by atoms with E-state index in [1.54, 1.807) is 0 Å². The topological polar surface area (TPSA) is 55.1 Å². The predicted molar refractivity (Wildman–Crippen MR) is 79.8 cm³/mol. The minimum absolute atomic E-state index is 0.0446. The maximum atomic E-state index is 12.1. The molecule has 0 aromatic heterocycles. The normalized spacial score (nSPS) is 15.6. The molecule has 0 radical (unpaired) electrons. The molecule has 19 heavy (non-hydrogen) atoms. The lowest BCUT2D eigenvalue weighted by atomic mass is 9.97. The Balaban J connectivity index is 2.72. The summed E-state index contributed by atoms with van der Waals surface area (Å²) in [6.07, 6.45) is 1.78. The predicted octanol–water partition coefficient (Wildman–Crippen LogP) is 2.94. The van der Waals surface area contributed by atoms with Crippen molar-refractivity contribution < 1.29 is 4.79 Å². The van der Waals surface area contributed by atoms with Crippen LogP contribution in [0.25, 0.3) is 0 Å². The number of carbonyl (C=O) groups excluding carboxylic acids is 1. The van der Waals surface area contributed by atoms with Gasteiger partial charge in [0.05, 0.1) is 12.1 Å². The van der Waals surface area contributed by atoms with Crippen molar-refractivity contribution in [2.24, 2.45) is 11.7 Å². The summed E-state index contributed by atoms with van der Waals surface area (Å²) in [6.45, 7) is 8.19. The van der Waals surface area contributed by atoms with Crippen molar-refractivity contribution in [2.45, 2.75) is 52.6 Å². The molecule has 1 rings (SSSR count). The number of carbonyl (C=O) groups is 1. The quantitative estimate of drug-likeness (QED) is 0.828. The third kappa shape index (κ3) is 4.35. The highest BCUT2D eigenvalue weighted by Gasteiger charge is 2.22. The zero-order valence-corrected chi connectivity index (χ0v) is 12.4. The Labute approximate surface area is 116 Å². The number of nitrogens with two attached hydrogens (primary N) is 1. The summed E-state index contributed by atoms with van der Waals surface area (Å²) < 4.78 is 0. The summed E-state index contributed by atoms with van der Waals surface area (Å²) in [4.78, 5) is 12.1. The van der Waals surface area contributed by atoms with Crippen molar-refractivity contribution in [1.82, 2.24) is 5.32 Å². The van der Waals surface area contributed by atoms with Crippen molar-refractivity contribution >= 4 is 5.91 Å². The second-order valence-corrected chi connectivity index (χ2v) is 5.29. The molecule has 0 saturated carbocycles. The van der Waals surface area contributed by atoms with Crippen molar-refractivity contribution in [3.63, 3.8) is 0 Å². The lowest BCUT2D eigenvalue weighted by Crippen LogP contribution is -2.45. The molecule has 0 fully saturated rings. The Kier molecular flexibility index (Phi) is 6.03. The van der Waals surface area contributed by atoms with Crippen LogP contribution in [-0.4, -0.2) is 11.9 Å². The summed E-state index contributed by atoms with van der Waals surface area (Å²) in [5, 5.41) is 3.05. The first-order valence-corrected chi connectivity index (χ1v) is 7.12. The monoisotopic (exact) mass is 262 g/mol. The third-order valence-electron chi connectivity index (χ3n) is 3.76. The number of hydrogen-bond donors (Lipinski definition) is 2. The van der Waals surface area contributed by atoms with E-state index in [1.807, 2.05) is 6.92 Å². The van der Waals surface area contributed by atoms with Gasteiger partial charge in [-0.05, 0) is 24.8 Å². The number of rotatable bonds is 6. The van der Waals surface area contributed by atoms with Crippen molar-refractivity contribution in [1.29, 1.82) is 0 Å². The molecular weight excluding hydrogens is 236 g/mol. The minimum atomic E-state index is -0.426. The molecule has 3 N–H and O–H groups in total. The summed E-state index contributed by atoms with van der Waals surface area (Å²) in [5.41, 5.74) is 8.32. The molecule has 3 atom stereocenters. The van der Waals surface area contributed by atoms with Crippen LogP contribution in [0.5, 0.6) is 0 Å². The van der Waals surface area contributed by atoms with Crippen LogP contribution in [0.3, 0.4) is 0 Å². The van der Waals surface area contributed by atoms with Gasteiger partial charge in [0.2, 0.25) is 5.91 Å². The van der Waals surface area contributed by atoms with E-state index in [0.717, 1.165) is 18.4 Å². The van der Waals surface area contributed by atoms with Gasteiger partial charge in [-0.3, -0.25) is 4.79 Å². The van der Waals surface area contributed by atoms with Gasteiger partial charge in [0.1, 0.15) is 0 Å². The maximum absolute atomic E-state index is 12.1. The Hall–Kier alpha value is -1.35. The number of benzene rings is 1. The molecule has 1 aromatic carbocycles. The van der Waals surface area contributed by atoms with Gasteiger partial charge >= 0.3 is 0 Å². The van der Waals surface area contributed by atoms with Gasteiger partial charge in [-0.1, -0.05) is 57.0 Å². The molecule has 0 aliphatic heterocycles. The third-order valence-corrected chi connectivity index (χ3v) is 3.76. The number of amides is 1. The number of aryl methyl sites for hydroxylation is 1. The molecular formula is C16H26N2O. The van der Waals surface area contributed by atoms with Gasteiger partial charge in [0.15, 0.2) is 0 Å². The van der Waals surface area contributed by atoms with Gasteiger partial charge in [-0.2, -0.15) is 0 Å². The van der Waals surface area contributed by atoms with Crippen LogP contribution in [-0.2, 0) is 4.79 Å². The fourth-order valence-corrected chi connectivity index (χ4v) is 2.00. The van der Waals surface area contributed by atoms with E-state index in [2.05, 4.69) is 50.4 Å². The van der Waals surface area contributed by atoms with Crippen LogP contribution < -0.4 is 11.1 Å². The second kappa shape index (κ2) is 7.29. The lowest BCUT2D eigenvalue weighted by Gasteiger charge is -2.23. The van der Waals surface area contributed by atoms with Crippen LogP contribution in [0.4, 0.5) is 0 Å². The van der Waals surface area contributed by atoms with Crippen molar-refractivity contribution in [3.05, 3.63) is 35.4 Å². The van der Waals surface area contributed by atoms with Crippen LogP contribution in [0.1, 0.15) is 50.8 Å². The Bertz CT molecular complexity index is 400. The fourth-order valence-electron chi connectivity index (χ4n) is 2.00. The Morgan fingerprint density at radius 3 is 2.26 bits per heavy atom. The summed E-state index contributed by atoms with van der Waals surface area (Å²) in [7, 11) is 0. The summed E-state index contributed by atoms with van der Waals surface area (Å²) >= 11 is 0. The van der Waals surface area contributed by atoms with Crippen molar-refractivity contribution in [3.8, 4) is 0 Å². The molecule has 0 spiro atoms. The van der Waals surface area contributed by atoms with Gasteiger partial charge in [-0.15, -0.1) is 0 Å². The largest absolute Gasteiger partial charge is 0.348 e. The zero-order chi connectivity index (χ0) is 14.4. The highest BCUT2D eigenvalue weighted by molar-refractivity contribution is 5.82. The Morgan fingerprint density at radius 2 is 1.79 bits per heavy atom. The van der Waals surface area contributed by atoms with E-state index in [-0.39, 0.29) is 17.9 Å². The molecule has 0 bridgehead atoms. The first-order chi connectivity index (χ1) is 8.99. The van der Waals surface area contributed by atoms with E-state index in [4.69, 9.17) is 5.73 Å². The lowest BCUT2D eigenvalue weighted by molar-refractivity contribution is -0.124. The van der Waals surface area contributed by atoms with E-state index in [0.29, 0.717) is 0 Å². The van der Waals surface area contributed by atoms with Crippen molar-refractivity contribution in [2.75, 3.05) is 0 Å². The molecule has 0 aliphatic rings. The number of nitrogens with one attached hydrogen (secondary N) is 1. The SMILES string of the molecule is CCC(NC(=O)[C@@H](N)C(C)CC)c1ccc(C)cc1. The average molecular weight is 262 g/mol. The Morgan fingerprint density at radius 1 is 1.21 bits per heavy atom. The van der Waals surface area contributed by atoms with Gasteiger partial charge in [0.25, 0.3) is 0 Å². The maximum Gasteiger partial charge on any atom is 0.237 e. The van der Waals surface area contributed by atoms with Crippen LogP contribution >= 0.6 is 0 Å². The van der Waals surface area contributed by atoms with Gasteiger partial charge in [-0.25, -0.2) is 0 Å². The summed E-state index contributed by atoms with van der Waals surface area (Å²) in [5.74, 6) is 0.150. The molecule has 106 valence electrons. The molecule has 0 saturated heterocycles. The smallest absolute Gasteiger partial charge is 0.237 e. The van der Waals surface area contributed by atoms with Crippen LogP contribution in [0.2, 0.25) is 0 Å². The highest BCUT2D eigenvalue weighted by atomic mass is 16.2. The highest BCUT2D eigenvalue weighted by Crippen LogP contribution is 2.18. The first-order valence-electron chi connectivity index (χ1n) is 7.12. The van der Waals surface area contributed by atoms with Crippen LogP contribution in [0.15, 0.2) is 24.3 Å². The molecule has 2 unspecified atom stereocenters. The van der Waals surface area contributed by atoms with E-state index in [9.17, 15) is 4.79 Å². The molecule has 1 amide bonds. The molecule has 0 aliphatic carbocycles. The molecule has 1 aromatic rings. The van der Waals surface area contributed by atoms with E-state index >= 15 is 0 Å². The first kappa shape index (κ1) is 15.7.